The highest BCUT2D eigenvalue weighted by molar-refractivity contribution is 5.64. The maximum atomic E-state index is 12.9. The lowest BCUT2D eigenvalue weighted by atomic mass is 9.90. The summed E-state index contributed by atoms with van der Waals surface area (Å²) in [4.78, 5) is 26.9. The Hall–Kier alpha value is -2.97. The normalized spacial score (nSPS) is 21.1. The number of aromatic amines is 1. The highest BCUT2D eigenvalue weighted by atomic mass is 16.1. The molecular weight excluding hydrogens is 320 g/mol. The van der Waals surface area contributed by atoms with Gasteiger partial charge >= 0.3 is 0 Å². The summed E-state index contributed by atoms with van der Waals surface area (Å²) in [6.45, 7) is 4.88. The molecule has 0 amide bonds. The molecule has 0 aromatic carbocycles. The van der Waals surface area contributed by atoms with Gasteiger partial charge in [-0.2, -0.15) is 4.98 Å². The second kappa shape index (κ2) is 4.78. The highest BCUT2D eigenvalue weighted by Crippen LogP contribution is 2.48. The van der Waals surface area contributed by atoms with E-state index in [9.17, 15) is 4.79 Å². The Morgan fingerprint density at radius 2 is 2.24 bits per heavy atom. The Kier molecular flexibility index (Phi) is 2.75. The standard InChI is InChI=1S/C16H18N8O/c1-3-16-5-4-7-23(16)12-11(24-10(2)20-21-14(16)24)13(25)19-15(18-12)22-8-6-17-9-22/h6,8-9H,3-5,7H2,1-2H3,(H,18,19,25)/t16-/m0/s1. The monoisotopic (exact) mass is 338 g/mol. The van der Waals surface area contributed by atoms with Crippen LogP contribution in [0.25, 0.3) is 11.6 Å². The first-order chi connectivity index (χ1) is 12.2. The van der Waals surface area contributed by atoms with E-state index in [4.69, 9.17) is 4.98 Å². The topological polar surface area (TPSA) is 97.5 Å². The largest absolute Gasteiger partial charge is 0.342 e. The summed E-state index contributed by atoms with van der Waals surface area (Å²) in [5, 5.41) is 8.68. The molecule has 0 saturated carbocycles. The second-order valence-corrected chi connectivity index (χ2v) is 6.58. The molecule has 1 fully saturated rings. The van der Waals surface area contributed by atoms with Crippen LogP contribution in [0.3, 0.4) is 0 Å². The molecular formula is C16H18N8O. The van der Waals surface area contributed by atoms with Gasteiger partial charge in [0.1, 0.15) is 17.7 Å². The van der Waals surface area contributed by atoms with Crippen molar-refractivity contribution in [3.05, 3.63) is 40.7 Å². The van der Waals surface area contributed by atoms with Gasteiger partial charge in [-0.05, 0) is 26.2 Å². The molecule has 25 heavy (non-hydrogen) atoms. The number of hydrogen-bond acceptors (Lipinski definition) is 6. The van der Waals surface area contributed by atoms with Crippen molar-refractivity contribution in [1.29, 1.82) is 0 Å². The van der Waals surface area contributed by atoms with Gasteiger partial charge in [0.15, 0.2) is 17.3 Å². The van der Waals surface area contributed by atoms with E-state index in [0.717, 1.165) is 31.6 Å². The van der Waals surface area contributed by atoms with E-state index in [-0.39, 0.29) is 11.1 Å². The van der Waals surface area contributed by atoms with Crippen LogP contribution in [-0.4, -0.2) is 40.8 Å². The van der Waals surface area contributed by atoms with Crippen LogP contribution in [0, 0.1) is 6.92 Å². The molecule has 0 aliphatic carbocycles. The lowest BCUT2D eigenvalue weighted by Crippen LogP contribution is -2.48. The molecule has 2 aliphatic heterocycles. The van der Waals surface area contributed by atoms with Crippen LogP contribution < -0.4 is 10.5 Å². The van der Waals surface area contributed by atoms with Crippen LogP contribution in [0.4, 0.5) is 5.82 Å². The third-order valence-electron chi connectivity index (χ3n) is 5.41. The third kappa shape index (κ3) is 1.70. The first-order valence-corrected chi connectivity index (χ1v) is 8.49. The van der Waals surface area contributed by atoms with Crippen molar-refractivity contribution in [2.45, 2.75) is 38.6 Å². The number of anilines is 1. The average molecular weight is 338 g/mol. The van der Waals surface area contributed by atoms with Crippen LogP contribution in [0.5, 0.6) is 0 Å². The fourth-order valence-corrected chi connectivity index (χ4v) is 4.22. The van der Waals surface area contributed by atoms with Crippen molar-refractivity contribution < 1.29 is 0 Å². The van der Waals surface area contributed by atoms with Gasteiger partial charge in [0.2, 0.25) is 5.95 Å². The molecule has 0 spiro atoms. The van der Waals surface area contributed by atoms with Gasteiger partial charge in [-0.25, -0.2) is 4.98 Å². The SMILES string of the molecule is CC[C@@]12CCCN1c1nc(-n3ccnc3)[nH]c(=O)c1-n1c(C)nnc12. The predicted octanol–water partition coefficient (Wildman–Crippen LogP) is 1.06. The number of nitrogens with zero attached hydrogens (tertiary/aromatic N) is 7. The van der Waals surface area contributed by atoms with E-state index in [1.54, 1.807) is 23.3 Å². The Balaban J connectivity index is 1.85. The van der Waals surface area contributed by atoms with Gasteiger partial charge in [-0.15, -0.1) is 10.2 Å². The Morgan fingerprint density at radius 1 is 1.36 bits per heavy atom. The third-order valence-corrected chi connectivity index (χ3v) is 5.41. The van der Waals surface area contributed by atoms with E-state index in [2.05, 4.69) is 32.0 Å². The number of fused-ring (bicyclic) bond motifs is 6. The molecule has 9 heteroatoms. The maximum absolute atomic E-state index is 12.9. The summed E-state index contributed by atoms with van der Waals surface area (Å²) in [7, 11) is 0. The molecule has 1 atom stereocenters. The van der Waals surface area contributed by atoms with Gasteiger partial charge in [0, 0.05) is 18.9 Å². The van der Waals surface area contributed by atoms with Crippen LogP contribution >= 0.6 is 0 Å². The Morgan fingerprint density at radius 3 is 3.00 bits per heavy atom. The molecule has 0 bridgehead atoms. The average Bonchev–Trinajstić information content (AvgIpc) is 3.34. The van der Waals surface area contributed by atoms with Gasteiger partial charge in [0.25, 0.3) is 5.56 Å². The van der Waals surface area contributed by atoms with Crippen LogP contribution in [0.15, 0.2) is 23.5 Å². The molecule has 5 rings (SSSR count). The molecule has 128 valence electrons. The quantitative estimate of drug-likeness (QED) is 0.750. The molecule has 1 N–H and O–H groups in total. The molecule has 0 unspecified atom stereocenters. The fourth-order valence-electron chi connectivity index (χ4n) is 4.22. The zero-order valence-electron chi connectivity index (χ0n) is 14.1. The smallest absolute Gasteiger partial charge is 0.278 e. The second-order valence-electron chi connectivity index (χ2n) is 6.58. The number of aromatic nitrogens is 7. The molecule has 1 saturated heterocycles. The molecule has 5 heterocycles. The van der Waals surface area contributed by atoms with E-state index in [1.165, 1.54) is 0 Å². The van der Waals surface area contributed by atoms with E-state index in [0.29, 0.717) is 23.3 Å². The minimum absolute atomic E-state index is 0.200. The number of imidazole rings is 1. The zero-order valence-corrected chi connectivity index (χ0v) is 14.1. The van der Waals surface area contributed by atoms with Crippen LogP contribution in [0.2, 0.25) is 0 Å². The zero-order chi connectivity index (χ0) is 17.2. The van der Waals surface area contributed by atoms with Gasteiger partial charge in [0.05, 0.1) is 0 Å². The van der Waals surface area contributed by atoms with Gasteiger partial charge in [-0.1, -0.05) is 6.92 Å². The van der Waals surface area contributed by atoms with E-state index in [1.807, 2.05) is 11.5 Å². The van der Waals surface area contributed by atoms with Crippen LogP contribution in [0.1, 0.15) is 37.8 Å². The minimum Gasteiger partial charge on any atom is -0.342 e. The molecule has 0 radical (unpaired) electrons. The van der Waals surface area contributed by atoms with Crippen molar-refractivity contribution in [3.8, 4) is 11.6 Å². The number of aryl methyl sites for hydroxylation is 1. The van der Waals surface area contributed by atoms with E-state index < -0.39 is 0 Å². The first kappa shape index (κ1) is 14.4. The lowest BCUT2D eigenvalue weighted by molar-refractivity contribution is 0.380. The number of H-pyrrole nitrogens is 1. The highest BCUT2D eigenvalue weighted by Gasteiger charge is 2.50. The fraction of sp³-hybridized carbons (Fsp3) is 0.438. The van der Waals surface area contributed by atoms with Crippen molar-refractivity contribution in [2.24, 2.45) is 0 Å². The molecule has 2 aliphatic rings. The molecule has 3 aromatic heterocycles. The predicted molar refractivity (Wildman–Crippen MR) is 90.2 cm³/mol. The molecule has 3 aromatic rings. The van der Waals surface area contributed by atoms with Crippen LogP contribution in [-0.2, 0) is 5.54 Å². The lowest BCUT2D eigenvalue weighted by Gasteiger charge is -2.42. The van der Waals surface area contributed by atoms with Crippen molar-refractivity contribution in [2.75, 3.05) is 11.4 Å². The number of rotatable bonds is 2. The first-order valence-electron chi connectivity index (χ1n) is 8.49. The summed E-state index contributed by atoms with van der Waals surface area (Å²) in [6.07, 6.45) is 7.96. The number of nitrogens with one attached hydrogen (secondary N) is 1. The molecule has 9 nitrogen and oxygen atoms in total. The minimum atomic E-state index is -0.249. The summed E-state index contributed by atoms with van der Waals surface area (Å²) in [5.74, 6) is 2.72. The van der Waals surface area contributed by atoms with Gasteiger partial charge < -0.3 is 4.90 Å². The summed E-state index contributed by atoms with van der Waals surface area (Å²) in [5.41, 5.74) is 0.0585. The summed E-state index contributed by atoms with van der Waals surface area (Å²) < 4.78 is 3.59. The number of hydrogen-bond donors (Lipinski definition) is 1. The van der Waals surface area contributed by atoms with Crippen molar-refractivity contribution in [1.82, 2.24) is 34.3 Å². The van der Waals surface area contributed by atoms with Crippen molar-refractivity contribution in [3.63, 3.8) is 0 Å². The van der Waals surface area contributed by atoms with Crippen molar-refractivity contribution >= 4 is 5.82 Å². The maximum Gasteiger partial charge on any atom is 0.278 e. The Labute approximate surface area is 143 Å². The Bertz CT molecular complexity index is 1020. The summed E-state index contributed by atoms with van der Waals surface area (Å²) in [6, 6.07) is 0. The van der Waals surface area contributed by atoms with E-state index >= 15 is 0 Å². The summed E-state index contributed by atoms with van der Waals surface area (Å²) >= 11 is 0. The van der Waals surface area contributed by atoms with Gasteiger partial charge in [-0.3, -0.25) is 18.9 Å².